The molecular weight excluding hydrogens is 246 g/mol. The second kappa shape index (κ2) is 4.35. The molecule has 3 rings (SSSR count). The van der Waals surface area contributed by atoms with Crippen LogP contribution < -0.4 is 0 Å². The molecule has 1 saturated carbocycles. The van der Waals surface area contributed by atoms with Gasteiger partial charge >= 0.3 is 5.97 Å². The van der Waals surface area contributed by atoms with Crippen molar-refractivity contribution in [1.82, 2.24) is 4.90 Å². The number of carbonyl (C=O) groups excluding carboxylic acids is 1. The van der Waals surface area contributed by atoms with Gasteiger partial charge in [-0.15, -0.1) is 0 Å². The van der Waals surface area contributed by atoms with E-state index in [1.807, 2.05) is 12.1 Å². The fourth-order valence-electron chi connectivity index (χ4n) is 2.78. The summed E-state index contributed by atoms with van der Waals surface area (Å²) >= 11 is 0. The average Bonchev–Trinajstić information content (AvgIpc) is 3.24. The molecule has 1 N–H and O–H groups in total. The predicted octanol–water partition coefficient (Wildman–Crippen LogP) is 1.12. The first kappa shape index (κ1) is 12.2. The Bertz CT molecular complexity index is 526. The minimum Gasteiger partial charge on any atom is -0.479 e. The summed E-state index contributed by atoms with van der Waals surface area (Å²) in [4.78, 5) is 24.7. The minimum atomic E-state index is -1.38. The molecule has 1 unspecified atom stereocenters. The number of rotatable bonds is 4. The van der Waals surface area contributed by atoms with Gasteiger partial charge in [0, 0.05) is 6.04 Å². The number of hydrogen-bond acceptors (Lipinski definition) is 3. The molecule has 100 valence electrons. The maximum absolute atomic E-state index is 11.9. The van der Waals surface area contributed by atoms with Crippen LogP contribution in [-0.4, -0.2) is 35.0 Å². The summed E-state index contributed by atoms with van der Waals surface area (Å²) in [7, 11) is 0. The summed E-state index contributed by atoms with van der Waals surface area (Å²) in [5.74, 6) is -1.03. The lowest BCUT2D eigenvalue weighted by Gasteiger charge is -2.42. The van der Waals surface area contributed by atoms with E-state index in [0.717, 1.165) is 18.4 Å². The molecule has 1 aliphatic heterocycles. The Morgan fingerprint density at radius 2 is 2.16 bits per heavy atom. The molecule has 1 aromatic rings. The fourth-order valence-corrected chi connectivity index (χ4v) is 2.78. The Morgan fingerprint density at radius 3 is 2.79 bits per heavy atom. The molecule has 5 heteroatoms. The fraction of sp³-hybridized carbons (Fsp3) is 0.429. The van der Waals surface area contributed by atoms with Gasteiger partial charge in [0.05, 0.1) is 13.2 Å². The molecule has 0 radical (unpaired) electrons. The first-order chi connectivity index (χ1) is 9.20. The van der Waals surface area contributed by atoms with Gasteiger partial charge in [0.2, 0.25) is 6.41 Å². The third kappa shape index (κ3) is 1.73. The minimum absolute atomic E-state index is 0.00852. The van der Waals surface area contributed by atoms with E-state index in [9.17, 15) is 14.7 Å². The molecule has 5 nitrogen and oxygen atoms in total. The van der Waals surface area contributed by atoms with Gasteiger partial charge in [0.15, 0.2) is 5.54 Å². The largest absolute Gasteiger partial charge is 0.479 e. The van der Waals surface area contributed by atoms with Crippen molar-refractivity contribution in [2.75, 3.05) is 6.61 Å². The van der Waals surface area contributed by atoms with E-state index in [2.05, 4.69) is 0 Å². The van der Waals surface area contributed by atoms with Crippen LogP contribution in [0, 0.1) is 0 Å². The second-order valence-electron chi connectivity index (χ2n) is 5.06. The maximum atomic E-state index is 11.9. The normalized spacial score (nSPS) is 25.5. The zero-order valence-electron chi connectivity index (χ0n) is 10.4. The van der Waals surface area contributed by atoms with Gasteiger partial charge in [-0.2, -0.15) is 0 Å². The summed E-state index contributed by atoms with van der Waals surface area (Å²) < 4.78 is 5.45. The first-order valence-corrected chi connectivity index (χ1v) is 6.33. The third-order valence-electron chi connectivity index (χ3n) is 3.88. The highest BCUT2D eigenvalue weighted by Gasteiger charge is 2.53. The van der Waals surface area contributed by atoms with Crippen LogP contribution in [-0.2, 0) is 26.5 Å². The van der Waals surface area contributed by atoms with Gasteiger partial charge in [-0.3, -0.25) is 4.79 Å². The summed E-state index contributed by atoms with van der Waals surface area (Å²) in [6, 6.07) is 7.30. The van der Waals surface area contributed by atoms with Crippen molar-refractivity contribution < 1.29 is 19.4 Å². The van der Waals surface area contributed by atoms with Gasteiger partial charge < -0.3 is 14.7 Å². The number of fused-ring (bicyclic) bond motifs is 1. The van der Waals surface area contributed by atoms with Crippen LogP contribution in [0.3, 0.4) is 0 Å². The van der Waals surface area contributed by atoms with E-state index < -0.39 is 11.5 Å². The summed E-state index contributed by atoms with van der Waals surface area (Å²) in [5, 5.41) is 9.73. The molecular formula is C14H15NO4. The lowest BCUT2D eigenvalue weighted by Crippen LogP contribution is -2.57. The number of carbonyl (C=O) groups is 2. The van der Waals surface area contributed by atoms with Crippen LogP contribution in [0.1, 0.15) is 24.0 Å². The maximum Gasteiger partial charge on any atom is 0.336 e. The Hall–Kier alpha value is -1.88. The number of benzene rings is 1. The number of nitrogens with zero attached hydrogens (tertiary/aromatic N) is 1. The standard InChI is InChI=1S/C14H15NO4/c16-9-15(11-5-6-11)14(13(17)18)8-19-7-10-3-1-2-4-12(10)14/h1-4,9,11H,5-8H2,(H,17,18). The van der Waals surface area contributed by atoms with Crippen LogP contribution in [0.5, 0.6) is 0 Å². The third-order valence-corrected chi connectivity index (χ3v) is 3.88. The van der Waals surface area contributed by atoms with E-state index in [0.29, 0.717) is 18.6 Å². The quantitative estimate of drug-likeness (QED) is 0.825. The summed E-state index contributed by atoms with van der Waals surface area (Å²) in [6.07, 6.45) is 2.36. The summed E-state index contributed by atoms with van der Waals surface area (Å²) in [6.45, 7) is 0.400. The van der Waals surface area contributed by atoms with Gasteiger partial charge in [-0.25, -0.2) is 4.79 Å². The van der Waals surface area contributed by atoms with Crippen LogP contribution in [0.15, 0.2) is 24.3 Å². The summed E-state index contributed by atoms with van der Waals surface area (Å²) in [5.41, 5.74) is 0.133. The molecule has 1 heterocycles. The van der Waals surface area contributed by atoms with Crippen LogP contribution in [0.4, 0.5) is 0 Å². The van der Waals surface area contributed by atoms with Crippen molar-refractivity contribution in [3.8, 4) is 0 Å². The highest BCUT2D eigenvalue weighted by Crippen LogP contribution is 2.41. The topological polar surface area (TPSA) is 66.8 Å². The molecule has 0 spiro atoms. The Labute approximate surface area is 110 Å². The number of aliphatic carboxylic acids is 1. The lowest BCUT2D eigenvalue weighted by molar-refractivity contribution is -0.164. The lowest BCUT2D eigenvalue weighted by atomic mass is 9.84. The number of amides is 1. The zero-order valence-corrected chi connectivity index (χ0v) is 10.4. The SMILES string of the molecule is O=CN(C1CC1)C1(C(=O)O)COCc2ccccc21. The molecule has 1 aromatic carbocycles. The van der Waals surface area contributed by atoms with E-state index in [1.165, 1.54) is 4.90 Å². The van der Waals surface area contributed by atoms with E-state index in [1.54, 1.807) is 12.1 Å². The Morgan fingerprint density at radius 1 is 1.42 bits per heavy atom. The van der Waals surface area contributed by atoms with Gasteiger partial charge in [0.1, 0.15) is 0 Å². The van der Waals surface area contributed by atoms with Crippen molar-refractivity contribution >= 4 is 12.4 Å². The predicted molar refractivity (Wildman–Crippen MR) is 66.3 cm³/mol. The molecule has 1 atom stereocenters. The van der Waals surface area contributed by atoms with E-state index in [-0.39, 0.29) is 12.6 Å². The van der Waals surface area contributed by atoms with Crippen LogP contribution in [0.2, 0.25) is 0 Å². The molecule has 2 aliphatic rings. The molecule has 1 aliphatic carbocycles. The highest BCUT2D eigenvalue weighted by molar-refractivity contribution is 5.84. The molecule has 1 fully saturated rings. The van der Waals surface area contributed by atoms with Gasteiger partial charge in [-0.05, 0) is 24.0 Å². The number of carboxylic acids is 1. The monoisotopic (exact) mass is 261 g/mol. The highest BCUT2D eigenvalue weighted by atomic mass is 16.5. The second-order valence-corrected chi connectivity index (χ2v) is 5.06. The Balaban J connectivity index is 2.16. The van der Waals surface area contributed by atoms with Crippen LogP contribution in [0.25, 0.3) is 0 Å². The van der Waals surface area contributed by atoms with Crippen molar-refractivity contribution in [3.05, 3.63) is 35.4 Å². The molecule has 0 bridgehead atoms. The smallest absolute Gasteiger partial charge is 0.336 e. The van der Waals surface area contributed by atoms with Gasteiger partial charge in [0.25, 0.3) is 0 Å². The van der Waals surface area contributed by atoms with Crippen molar-refractivity contribution in [1.29, 1.82) is 0 Å². The molecule has 0 saturated heterocycles. The van der Waals surface area contributed by atoms with Crippen molar-refractivity contribution in [2.24, 2.45) is 0 Å². The number of ether oxygens (including phenoxy) is 1. The van der Waals surface area contributed by atoms with E-state index in [4.69, 9.17) is 4.74 Å². The molecule has 19 heavy (non-hydrogen) atoms. The van der Waals surface area contributed by atoms with Crippen molar-refractivity contribution in [3.63, 3.8) is 0 Å². The Kier molecular flexibility index (Phi) is 2.78. The molecule has 0 aromatic heterocycles. The van der Waals surface area contributed by atoms with Crippen molar-refractivity contribution in [2.45, 2.75) is 31.0 Å². The zero-order chi connectivity index (χ0) is 13.5. The van der Waals surface area contributed by atoms with E-state index >= 15 is 0 Å². The average molecular weight is 261 g/mol. The first-order valence-electron chi connectivity index (χ1n) is 6.33. The van der Waals surface area contributed by atoms with Gasteiger partial charge in [-0.1, -0.05) is 24.3 Å². The number of carboxylic acid groups (broad SMARTS) is 1. The number of hydrogen-bond donors (Lipinski definition) is 1. The van der Waals surface area contributed by atoms with Crippen LogP contribution >= 0.6 is 0 Å². The molecule has 1 amide bonds.